The quantitative estimate of drug-likeness (QED) is 0.488. The molecule has 0 amide bonds. The fourth-order valence-electron chi connectivity index (χ4n) is 0.563. The molecule has 0 fully saturated rings. The Labute approximate surface area is 108 Å². The van der Waals surface area contributed by atoms with Crippen LogP contribution in [-0.2, 0) is 0 Å². The lowest BCUT2D eigenvalue weighted by molar-refractivity contribution is 0.471. The van der Waals surface area contributed by atoms with Gasteiger partial charge in [0.25, 0.3) is 0 Å². The average Bonchev–Trinajstić information content (AvgIpc) is 2.10. The van der Waals surface area contributed by atoms with Gasteiger partial charge in [0, 0.05) is 4.58 Å². The van der Waals surface area contributed by atoms with Crippen LogP contribution in [0.4, 0.5) is 0 Å². The van der Waals surface area contributed by atoms with Crippen molar-refractivity contribution in [1.82, 2.24) is 0 Å². The van der Waals surface area contributed by atoms with E-state index in [1.807, 2.05) is 44.6 Å². The normalized spacial score (nSPS) is 8.47. The summed E-state index contributed by atoms with van der Waals surface area (Å²) in [6, 6.07) is 7.25. The number of thiol groups is 2. The van der Waals surface area contributed by atoms with Gasteiger partial charge in [-0.15, -0.1) is 0 Å². The van der Waals surface area contributed by atoms with Gasteiger partial charge in [0.1, 0.15) is 5.75 Å². The zero-order chi connectivity index (χ0) is 12.3. The maximum atomic E-state index is 8.92. The van der Waals surface area contributed by atoms with Crippen molar-refractivity contribution >= 4 is 37.0 Å². The Morgan fingerprint density at radius 1 is 1.20 bits per heavy atom. The predicted octanol–water partition coefficient (Wildman–Crippen LogP) is 3.87. The summed E-state index contributed by atoms with van der Waals surface area (Å²) in [7, 11) is 0. The third kappa shape index (κ3) is 16.7. The third-order valence-electron chi connectivity index (χ3n) is 1.12. The second kappa shape index (κ2) is 12.1. The first-order valence-electron chi connectivity index (χ1n) is 4.46. The average molecular weight is 264 g/mol. The van der Waals surface area contributed by atoms with Gasteiger partial charge in [-0.1, -0.05) is 18.2 Å². The number of thioether (sulfide) groups is 1. The van der Waals surface area contributed by atoms with E-state index in [0.29, 0.717) is 5.75 Å². The molecule has 1 aromatic carbocycles. The molecule has 0 radical (unpaired) electrons. The fourth-order valence-corrected chi connectivity index (χ4v) is 0.563. The molecular formula is C11H20OS3. The second-order valence-electron chi connectivity index (χ2n) is 2.83. The minimum absolute atomic E-state index is 0.222. The number of phenolic OH excluding ortho intramolecular Hbond substituents is 1. The standard InChI is InChI=1S/C7H8O.C2H6S2.C2H6S/c1-6-4-2-3-5-7(6)8;1-2(3)4;1-3-2/h2-5,8H,1H3;2-4H,1H3;1-2H3. The summed E-state index contributed by atoms with van der Waals surface area (Å²) in [5.41, 5.74) is 0.924. The fraction of sp³-hybridized carbons (Fsp3) is 0.455. The smallest absolute Gasteiger partial charge is 0.118 e. The summed E-state index contributed by atoms with van der Waals surface area (Å²) in [5.74, 6) is 0.368. The highest BCUT2D eigenvalue weighted by Crippen LogP contribution is 2.12. The lowest BCUT2D eigenvalue weighted by Crippen LogP contribution is -1.68. The monoisotopic (exact) mass is 264 g/mol. The molecule has 0 aliphatic carbocycles. The SMILES string of the molecule is CC(S)S.CSC.Cc1ccccc1O. The molecule has 1 nitrogen and oxygen atoms in total. The molecule has 0 heterocycles. The van der Waals surface area contributed by atoms with E-state index >= 15 is 0 Å². The van der Waals surface area contributed by atoms with Crippen molar-refractivity contribution in [2.75, 3.05) is 12.5 Å². The maximum Gasteiger partial charge on any atom is 0.118 e. The Hall–Kier alpha value is 0.0700. The summed E-state index contributed by atoms with van der Waals surface area (Å²) in [6.07, 6.45) is 4.08. The molecule has 0 aromatic heterocycles. The van der Waals surface area contributed by atoms with Crippen molar-refractivity contribution in [2.45, 2.75) is 18.4 Å². The Morgan fingerprint density at radius 2 is 1.53 bits per heavy atom. The van der Waals surface area contributed by atoms with Crippen LogP contribution in [0.1, 0.15) is 12.5 Å². The van der Waals surface area contributed by atoms with E-state index in [0.717, 1.165) is 5.56 Å². The number of benzene rings is 1. The molecule has 0 unspecified atom stereocenters. The van der Waals surface area contributed by atoms with E-state index in [9.17, 15) is 0 Å². The van der Waals surface area contributed by atoms with Gasteiger partial charge in [0.2, 0.25) is 0 Å². The van der Waals surface area contributed by atoms with E-state index in [4.69, 9.17) is 5.11 Å². The highest BCUT2D eigenvalue weighted by molar-refractivity contribution is 7.99. The van der Waals surface area contributed by atoms with Crippen molar-refractivity contribution in [3.8, 4) is 5.75 Å². The van der Waals surface area contributed by atoms with Gasteiger partial charge in [-0.05, 0) is 38.0 Å². The van der Waals surface area contributed by atoms with Crippen LogP contribution in [-0.4, -0.2) is 22.2 Å². The van der Waals surface area contributed by atoms with Crippen LogP contribution in [0.15, 0.2) is 24.3 Å². The molecule has 0 saturated carbocycles. The largest absolute Gasteiger partial charge is 0.508 e. The van der Waals surface area contributed by atoms with Crippen LogP contribution < -0.4 is 0 Å². The number of aryl methyl sites for hydroxylation is 1. The molecule has 15 heavy (non-hydrogen) atoms. The van der Waals surface area contributed by atoms with Crippen LogP contribution in [0, 0.1) is 6.92 Å². The van der Waals surface area contributed by atoms with Crippen LogP contribution in [0.25, 0.3) is 0 Å². The third-order valence-corrected chi connectivity index (χ3v) is 1.12. The number of phenols is 1. The van der Waals surface area contributed by atoms with Gasteiger partial charge in [-0.3, -0.25) is 0 Å². The second-order valence-corrected chi connectivity index (χ2v) is 5.60. The van der Waals surface area contributed by atoms with Gasteiger partial charge in [0.05, 0.1) is 0 Å². The summed E-state index contributed by atoms with van der Waals surface area (Å²) in [4.78, 5) is 0. The zero-order valence-electron chi connectivity index (χ0n) is 9.64. The minimum Gasteiger partial charge on any atom is -0.508 e. The lowest BCUT2D eigenvalue weighted by Gasteiger charge is -1.92. The van der Waals surface area contributed by atoms with Gasteiger partial charge >= 0.3 is 0 Å². The molecule has 4 heteroatoms. The molecular weight excluding hydrogens is 244 g/mol. The van der Waals surface area contributed by atoms with E-state index in [1.165, 1.54) is 0 Å². The topological polar surface area (TPSA) is 20.2 Å². The first-order chi connectivity index (χ1) is 6.95. The van der Waals surface area contributed by atoms with Crippen molar-refractivity contribution < 1.29 is 5.11 Å². The number of para-hydroxylation sites is 1. The molecule has 0 spiro atoms. The van der Waals surface area contributed by atoms with Crippen molar-refractivity contribution in [3.63, 3.8) is 0 Å². The Kier molecular flexibility index (Phi) is 14.1. The molecule has 1 aromatic rings. The van der Waals surface area contributed by atoms with Crippen LogP contribution >= 0.6 is 37.0 Å². The van der Waals surface area contributed by atoms with Gasteiger partial charge in [-0.25, -0.2) is 0 Å². The van der Waals surface area contributed by atoms with Crippen LogP contribution in [0.3, 0.4) is 0 Å². The summed E-state index contributed by atoms with van der Waals surface area (Å²) >= 11 is 9.41. The van der Waals surface area contributed by atoms with Crippen molar-refractivity contribution in [3.05, 3.63) is 29.8 Å². The lowest BCUT2D eigenvalue weighted by atomic mass is 10.2. The van der Waals surface area contributed by atoms with E-state index in [1.54, 1.807) is 17.8 Å². The summed E-state index contributed by atoms with van der Waals surface area (Å²) in [5, 5.41) is 8.92. The highest BCUT2D eigenvalue weighted by Gasteiger charge is 1.86. The van der Waals surface area contributed by atoms with Gasteiger partial charge in [0.15, 0.2) is 0 Å². The van der Waals surface area contributed by atoms with Gasteiger partial charge in [-0.2, -0.15) is 37.0 Å². The van der Waals surface area contributed by atoms with E-state index in [2.05, 4.69) is 25.3 Å². The molecule has 0 atom stereocenters. The first-order valence-corrected chi connectivity index (χ1v) is 7.13. The Balaban J connectivity index is 0. The molecule has 0 saturated heterocycles. The number of aromatic hydroxyl groups is 1. The number of hydrogen-bond acceptors (Lipinski definition) is 4. The van der Waals surface area contributed by atoms with E-state index < -0.39 is 0 Å². The molecule has 0 aliphatic heterocycles. The zero-order valence-corrected chi connectivity index (χ0v) is 12.2. The van der Waals surface area contributed by atoms with Crippen molar-refractivity contribution in [1.29, 1.82) is 0 Å². The van der Waals surface area contributed by atoms with Crippen LogP contribution in [0.2, 0.25) is 0 Å². The Morgan fingerprint density at radius 3 is 1.73 bits per heavy atom. The minimum atomic E-state index is 0.222. The molecule has 88 valence electrons. The van der Waals surface area contributed by atoms with Crippen LogP contribution in [0.5, 0.6) is 5.75 Å². The van der Waals surface area contributed by atoms with Gasteiger partial charge < -0.3 is 5.11 Å². The molecule has 1 rings (SSSR count). The predicted molar refractivity (Wildman–Crippen MR) is 79.7 cm³/mol. The summed E-state index contributed by atoms with van der Waals surface area (Å²) in [6.45, 7) is 3.77. The van der Waals surface area contributed by atoms with E-state index in [-0.39, 0.29) is 4.58 Å². The summed E-state index contributed by atoms with van der Waals surface area (Å²) < 4.78 is 0.222. The van der Waals surface area contributed by atoms with Crippen molar-refractivity contribution in [2.24, 2.45) is 0 Å². The Bertz CT molecular complexity index is 215. The number of rotatable bonds is 0. The maximum absolute atomic E-state index is 8.92. The molecule has 1 N–H and O–H groups in total. The highest BCUT2D eigenvalue weighted by atomic mass is 32.2. The molecule has 0 aliphatic rings. The molecule has 0 bridgehead atoms. The first kappa shape index (κ1) is 17.5. The number of hydrogen-bond donors (Lipinski definition) is 3.